The first-order chi connectivity index (χ1) is 7.01. The van der Waals surface area contributed by atoms with Crippen LogP contribution in [-0.2, 0) is 22.0 Å². The number of sulfone groups is 1. The lowest BCUT2D eigenvalue weighted by Crippen LogP contribution is -1.98. The number of thiophene rings is 1. The van der Waals surface area contributed by atoms with Crippen LogP contribution in [0.4, 0.5) is 0 Å². The molecule has 0 N–H and O–H groups in total. The van der Waals surface area contributed by atoms with Crippen molar-refractivity contribution in [1.82, 2.24) is 0 Å². The Labute approximate surface area is 96.3 Å². The molecule has 4 heteroatoms. The van der Waals surface area contributed by atoms with E-state index in [1.54, 1.807) is 11.3 Å². The highest BCUT2D eigenvalue weighted by Crippen LogP contribution is 2.20. The Hall–Kier alpha value is -0.350. The van der Waals surface area contributed by atoms with E-state index in [1.165, 1.54) is 30.4 Å². The van der Waals surface area contributed by atoms with Gasteiger partial charge in [0.05, 0.1) is 5.75 Å². The van der Waals surface area contributed by atoms with Crippen molar-refractivity contribution in [3.63, 3.8) is 0 Å². The molecule has 0 bridgehead atoms. The summed E-state index contributed by atoms with van der Waals surface area (Å²) in [5.74, 6) is 0.186. The molecule has 0 radical (unpaired) electrons. The highest BCUT2D eigenvalue weighted by atomic mass is 32.2. The first-order valence-corrected chi connectivity index (χ1v) is 8.14. The molecule has 0 aliphatic heterocycles. The van der Waals surface area contributed by atoms with Gasteiger partial charge in [-0.1, -0.05) is 19.8 Å². The maximum atomic E-state index is 11.1. The second kappa shape index (κ2) is 5.66. The van der Waals surface area contributed by atoms with Gasteiger partial charge in [-0.05, 0) is 25.0 Å². The monoisotopic (exact) mass is 246 g/mol. The van der Waals surface area contributed by atoms with Crippen LogP contribution in [0.5, 0.6) is 0 Å². The Bertz CT molecular complexity index is 390. The number of unbranched alkanes of at least 4 members (excludes halogenated alkanes) is 2. The van der Waals surface area contributed by atoms with Crippen LogP contribution in [0, 0.1) is 0 Å². The molecule has 15 heavy (non-hydrogen) atoms. The van der Waals surface area contributed by atoms with Gasteiger partial charge in [-0.2, -0.15) is 0 Å². The van der Waals surface area contributed by atoms with Crippen molar-refractivity contribution in [3.8, 4) is 0 Å². The van der Waals surface area contributed by atoms with Gasteiger partial charge < -0.3 is 0 Å². The Kier molecular flexibility index (Phi) is 4.80. The molecule has 0 unspecified atom stereocenters. The van der Waals surface area contributed by atoms with Crippen LogP contribution in [0.25, 0.3) is 0 Å². The molecule has 0 aliphatic rings. The molecule has 0 amide bonds. The third kappa shape index (κ3) is 5.33. The predicted molar refractivity (Wildman–Crippen MR) is 66.1 cm³/mol. The summed E-state index contributed by atoms with van der Waals surface area (Å²) in [6.07, 6.45) is 6.04. The van der Waals surface area contributed by atoms with Gasteiger partial charge >= 0.3 is 0 Å². The fourth-order valence-corrected chi connectivity index (χ4v) is 3.79. The standard InChI is InChI=1S/C11H18O2S2/c1-3-4-5-6-10-7-8-11(14-10)9-15(2,12)13/h7-8H,3-6,9H2,1-2H3. The summed E-state index contributed by atoms with van der Waals surface area (Å²) in [5, 5.41) is 0. The van der Waals surface area contributed by atoms with Gasteiger partial charge in [-0.25, -0.2) is 8.42 Å². The van der Waals surface area contributed by atoms with Gasteiger partial charge in [0.25, 0.3) is 0 Å². The lowest BCUT2D eigenvalue weighted by atomic mass is 10.2. The van der Waals surface area contributed by atoms with Crippen LogP contribution in [0.2, 0.25) is 0 Å². The zero-order valence-electron chi connectivity index (χ0n) is 9.32. The maximum absolute atomic E-state index is 11.1. The molecule has 0 saturated heterocycles. The molecule has 0 aliphatic carbocycles. The summed E-state index contributed by atoms with van der Waals surface area (Å²) in [4.78, 5) is 2.27. The molecular weight excluding hydrogens is 228 g/mol. The van der Waals surface area contributed by atoms with Gasteiger partial charge in [-0.15, -0.1) is 11.3 Å². The van der Waals surface area contributed by atoms with E-state index in [4.69, 9.17) is 0 Å². The van der Waals surface area contributed by atoms with E-state index in [0.717, 1.165) is 11.3 Å². The summed E-state index contributed by atoms with van der Waals surface area (Å²) < 4.78 is 22.2. The van der Waals surface area contributed by atoms with Gasteiger partial charge in [0.15, 0.2) is 9.84 Å². The van der Waals surface area contributed by atoms with Crippen LogP contribution >= 0.6 is 11.3 Å². The van der Waals surface area contributed by atoms with Crippen LogP contribution in [0.1, 0.15) is 35.9 Å². The van der Waals surface area contributed by atoms with Crippen molar-refractivity contribution >= 4 is 21.2 Å². The van der Waals surface area contributed by atoms with E-state index >= 15 is 0 Å². The Morgan fingerprint density at radius 2 is 1.87 bits per heavy atom. The lowest BCUT2D eigenvalue weighted by Gasteiger charge is -1.95. The van der Waals surface area contributed by atoms with Gasteiger partial charge in [0.1, 0.15) is 0 Å². The maximum Gasteiger partial charge on any atom is 0.152 e. The second-order valence-corrected chi connectivity index (χ2v) is 7.29. The van der Waals surface area contributed by atoms with Crippen LogP contribution in [-0.4, -0.2) is 14.7 Å². The fraction of sp³-hybridized carbons (Fsp3) is 0.636. The summed E-state index contributed by atoms with van der Waals surface area (Å²) >= 11 is 1.63. The molecule has 0 saturated carbocycles. The Balaban J connectivity index is 2.49. The largest absolute Gasteiger partial charge is 0.229 e. The minimum Gasteiger partial charge on any atom is -0.229 e. The SMILES string of the molecule is CCCCCc1ccc(CS(C)(=O)=O)s1. The minimum atomic E-state index is -2.88. The van der Waals surface area contributed by atoms with Gasteiger partial charge in [-0.3, -0.25) is 0 Å². The number of hydrogen-bond acceptors (Lipinski definition) is 3. The zero-order chi connectivity index (χ0) is 11.3. The quantitative estimate of drug-likeness (QED) is 0.723. The summed E-state index contributed by atoms with van der Waals surface area (Å²) in [5.41, 5.74) is 0. The van der Waals surface area contributed by atoms with Crippen LogP contribution in [0.3, 0.4) is 0 Å². The number of rotatable bonds is 6. The molecule has 0 spiro atoms. The third-order valence-corrected chi connectivity index (χ3v) is 4.31. The molecule has 86 valence electrons. The predicted octanol–water partition coefficient (Wildman–Crippen LogP) is 3.03. The van der Waals surface area contributed by atoms with Gasteiger partial charge in [0, 0.05) is 16.0 Å². The normalized spacial score (nSPS) is 11.9. The smallest absolute Gasteiger partial charge is 0.152 e. The van der Waals surface area contributed by atoms with E-state index in [-0.39, 0.29) is 5.75 Å². The topological polar surface area (TPSA) is 34.1 Å². The van der Waals surface area contributed by atoms with Crippen LogP contribution in [0.15, 0.2) is 12.1 Å². The van der Waals surface area contributed by atoms with Crippen molar-refractivity contribution in [3.05, 3.63) is 21.9 Å². The molecule has 2 nitrogen and oxygen atoms in total. The Morgan fingerprint density at radius 3 is 2.47 bits per heavy atom. The van der Waals surface area contributed by atoms with Crippen molar-refractivity contribution in [2.45, 2.75) is 38.4 Å². The average molecular weight is 246 g/mol. The molecule has 0 atom stereocenters. The zero-order valence-corrected chi connectivity index (χ0v) is 11.0. The molecule has 1 aromatic heterocycles. The molecule has 0 fully saturated rings. The summed E-state index contributed by atoms with van der Waals surface area (Å²) in [6.45, 7) is 2.18. The first-order valence-electron chi connectivity index (χ1n) is 5.26. The first kappa shape index (κ1) is 12.7. The fourth-order valence-electron chi connectivity index (χ4n) is 1.44. The number of aryl methyl sites for hydroxylation is 1. The van der Waals surface area contributed by atoms with E-state index in [0.29, 0.717) is 0 Å². The van der Waals surface area contributed by atoms with E-state index in [1.807, 2.05) is 6.07 Å². The molecule has 0 aromatic carbocycles. The summed E-state index contributed by atoms with van der Waals surface area (Å²) in [6, 6.07) is 3.99. The molecule has 1 rings (SSSR count). The molecule has 1 heterocycles. The van der Waals surface area contributed by atoms with Gasteiger partial charge in [0.2, 0.25) is 0 Å². The minimum absolute atomic E-state index is 0.186. The Morgan fingerprint density at radius 1 is 1.20 bits per heavy atom. The van der Waals surface area contributed by atoms with E-state index in [9.17, 15) is 8.42 Å². The third-order valence-electron chi connectivity index (χ3n) is 2.15. The van der Waals surface area contributed by atoms with Crippen molar-refractivity contribution in [2.24, 2.45) is 0 Å². The van der Waals surface area contributed by atoms with Crippen molar-refractivity contribution < 1.29 is 8.42 Å². The molecule has 1 aromatic rings. The highest BCUT2D eigenvalue weighted by molar-refractivity contribution is 7.90. The lowest BCUT2D eigenvalue weighted by molar-refractivity contribution is 0.601. The van der Waals surface area contributed by atoms with Crippen molar-refractivity contribution in [1.29, 1.82) is 0 Å². The highest BCUT2D eigenvalue weighted by Gasteiger charge is 2.07. The van der Waals surface area contributed by atoms with E-state index < -0.39 is 9.84 Å². The number of hydrogen-bond donors (Lipinski definition) is 0. The van der Waals surface area contributed by atoms with E-state index in [2.05, 4.69) is 13.0 Å². The second-order valence-electron chi connectivity index (χ2n) is 3.90. The van der Waals surface area contributed by atoms with Crippen molar-refractivity contribution in [2.75, 3.05) is 6.26 Å². The average Bonchev–Trinajstić information content (AvgIpc) is 2.50. The van der Waals surface area contributed by atoms with Crippen LogP contribution < -0.4 is 0 Å². The molecular formula is C11H18O2S2. The summed E-state index contributed by atoms with van der Waals surface area (Å²) in [7, 11) is -2.88.